The predicted octanol–water partition coefficient (Wildman–Crippen LogP) is 2.99. The van der Waals surface area contributed by atoms with Crippen molar-refractivity contribution in [1.82, 2.24) is 9.88 Å². The molecule has 20 heavy (non-hydrogen) atoms. The van der Waals surface area contributed by atoms with Crippen LogP contribution in [0.5, 0.6) is 0 Å². The molecule has 106 valence electrons. The quantitative estimate of drug-likeness (QED) is 0.872. The predicted molar refractivity (Wildman–Crippen MR) is 79.8 cm³/mol. The Balaban J connectivity index is 1.80. The summed E-state index contributed by atoms with van der Waals surface area (Å²) in [6.45, 7) is 2.71. The number of benzene rings is 1. The SMILES string of the molecule is C[C@H](c1nc2ccccc2s1)N(C)C(=O)[C@@H]1CCCO1. The minimum absolute atomic E-state index is 0.0240. The van der Waals surface area contributed by atoms with E-state index in [-0.39, 0.29) is 18.1 Å². The van der Waals surface area contributed by atoms with E-state index in [9.17, 15) is 4.79 Å². The molecule has 0 aliphatic carbocycles. The number of aromatic nitrogens is 1. The van der Waals surface area contributed by atoms with Crippen molar-refractivity contribution in [3.8, 4) is 0 Å². The molecule has 2 aromatic rings. The Morgan fingerprint density at radius 2 is 2.30 bits per heavy atom. The molecule has 3 rings (SSSR count). The highest BCUT2D eigenvalue weighted by atomic mass is 32.1. The van der Waals surface area contributed by atoms with E-state index in [1.807, 2.05) is 32.2 Å². The van der Waals surface area contributed by atoms with Crippen molar-refractivity contribution in [2.45, 2.75) is 31.9 Å². The lowest BCUT2D eigenvalue weighted by molar-refractivity contribution is -0.141. The molecule has 0 bridgehead atoms. The molecule has 2 atom stereocenters. The first kappa shape index (κ1) is 13.5. The van der Waals surface area contributed by atoms with Crippen molar-refractivity contribution in [3.63, 3.8) is 0 Å². The molecule has 0 N–H and O–H groups in total. The number of hydrogen-bond donors (Lipinski definition) is 0. The number of carbonyl (C=O) groups excluding carboxylic acids is 1. The molecule has 0 saturated carbocycles. The molecular formula is C15H18N2O2S. The zero-order valence-electron chi connectivity index (χ0n) is 11.7. The van der Waals surface area contributed by atoms with Gasteiger partial charge in [-0.05, 0) is 31.9 Å². The Hall–Kier alpha value is -1.46. The van der Waals surface area contributed by atoms with Crippen molar-refractivity contribution in [3.05, 3.63) is 29.3 Å². The number of rotatable bonds is 3. The number of amides is 1. The maximum atomic E-state index is 12.4. The van der Waals surface area contributed by atoms with Gasteiger partial charge in [0.05, 0.1) is 16.3 Å². The maximum absolute atomic E-state index is 12.4. The van der Waals surface area contributed by atoms with Crippen molar-refractivity contribution in [2.75, 3.05) is 13.7 Å². The van der Waals surface area contributed by atoms with Crippen LogP contribution in [0.2, 0.25) is 0 Å². The van der Waals surface area contributed by atoms with Crippen LogP contribution in [0, 0.1) is 0 Å². The van der Waals surface area contributed by atoms with E-state index < -0.39 is 0 Å². The third-order valence-electron chi connectivity index (χ3n) is 3.80. The second kappa shape index (κ2) is 5.50. The Morgan fingerprint density at radius 1 is 1.50 bits per heavy atom. The average Bonchev–Trinajstić information content (AvgIpc) is 3.13. The van der Waals surface area contributed by atoms with Crippen molar-refractivity contribution in [2.24, 2.45) is 0 Å². The molecule has 2 heterocycles. The van der Waals surface area contributed by atoms with Gasteiger partial charge in [-0.25, -0.2) is 4.98 Å². The molecular weight excluding hydrogens is 272 g/mol. The van der Waals surface area contributed by atoms with Gasteiger partial charge in [0.15, 0.2) is 0 Å². The molecule has 1 aliphatic heterocycles. The summed E-state index contributed by atoms with van der Waals surface area (Å²) >= 11 is 1.65. The largest absolute Gasteiger partial charge is 0.368 e. The van der Waals surface area contributed by atoms with Gasteiger partial charge in [0.25, 0.3) is 5.91 Å². The van der Waals surface area contributed by atoms with E-state index in [4.69, 9.17) is 4.74 Å². The second-order valence-electron chi connectivity index (χ2n) is 5.15. The van der Waals surface area contributed by atoms with Gasteiger partial charge in [-0.2, -0.15) is 0 Å². The van der Waals surface area contributed by atoms with Crippen LogP contribution in [0.4, 0.5) is 0 Å². The number of hydrogen-bond acceptors (Lipinski definition) is 4. The number of fused-ring (bicyclic) bond motifs is 1. The van der Waals surface area contributed by atoms with Gasteiger partial charge in [0, 0.05) is 13.7 Å². The average molecular weight is 290 g/mol. The standard InChI is InChI=1S/C15H18N2O2S/c1-10(17(2)15(18)12-7-5-9-19-12)14-16-11-6-3-4-8-13(11)20-14/h3-4,6,8,10,12H,5,7,9H2,1-2H3/t10-,12+/m1/s1. The molecule has 0 spiro atoms. The Labute approximate surface area is 122 Å². The summed E-state index contributed by atoms with van der Waals surface area (Å²) in [6, 6.07) is 8.03. The van der Waals surface area contributed by atoms with Gasteiger partial charge in [-0.15, -0.1) is 11.3 Å². The van der Waals surface area contributed by atoms with Crippen molar-refractivity contribution < 1.29 is 9.53 Å². The molecule has 0 unspecified atom stereocenters. The zero-order valence-corrected chi connectivity index (χ0v) is 12.5. The number of carbonyl (C=O) groups is 1. The number of para-hydroxylation sites is 1. The molecule has 1 amide bonds. The fourth-order valence-electron chi connectivity index (χ4n) is 2.42. The van der Waals surface area contributed by atoms with E-state index in [1.54, 1.807) is 16.2 Å². The number of ether oxygens (including phenoxy) is 1. The molecule has 1 aromatic carbocycles. The van der Waals surface area contributed by atoms with Crippen LogP contribution in [0.25, 0.3) is 10.2 Å². The fourth-order valence-corrected chi connectivity index (χ4v) is 3.49. The van der Waals surface area contributed by atoms with E-state index >= 15 is 0 Å². The van der Waals surface area contributed by atoms with Crippen LogP contribution >= 0.6 is 11.3 Å². The number of nitrogens with zero attached hydrogens (tertiary/aromatic N) is 2. The molecule has 1 fully saturated rings. The highest BCUT2D eigenvalue weighted by Gasteiger charge is 2.30. The highest BCUT2D eigenvalue weighted by molar-refractivity contribution is 7.18. The minimum Gasteiger partial charge on any atom is -0.368 e. The van der Waals surface area contributed by atoms with Gasteiger partial charge in [-0.3, -0.25) is 4.79 Å². The van der Waals surface area contributed by atoms with Crippen LogP contribution < -0.4 is 0 Å². The van der Waals surface area contributed by atoms with E-state index in [0.717, 1.165) is 28.1 Å². The minimum atomic E-state index is -0.267. The Bertz CT molecular complexity index is 586. The smallest absolute Gasteiger partial charge is 0.252 e. The van der Waals surface area contributed by atoms with E-state index in [0.29, 0.717) is 6.61 Å². The molecule has 1 aliphatic rings. The van der Waals surface area contributed by atoms with Gasteiger partial charge in [0.1, 0.15) is 11.1 Å². The highest BCUT2D eigenvalue weighted by Crippen LogP contribution is 2.29. The monoisotopic (exact) mass is 290 g/mol. The molecule has 1 saturated heterocycles. The topological polar surface area (TPSA) is 42.4 Å². The van der Waals surface area contributed by atoms with Crippen molar-refractivity contribution in [1.29, 1.82) is 0 Å². The van der Waals surface area contributed by atoms with Gasteiger partial charge >= 0.3 is 0 Å². The molecule has 1 aromatic heterocycles. The summed E-state index contributed by atoms with van der Waals surface area (Å²) in [5, 5.41) is 0.972. The Morgan fingerprint density at radius 3 is 3.00 bits per heavy atom. The first-order chi connectivity index (χ1) is 9.66. The van der Waals surface area contributed by atoms with Crippen LogP contribution in [-0.2, 0) is 9.53 Å². The third-order valence-corrected chi connectivity index (χ3v) is 5.01. The van der Waals surface area contributed by atoms with Crippen LogP contribution in [0.15, 0.2) is 24.3 Å². The van der Waals surface area contributed by atoms with E-state index in [1.165, 1.54) is 0 Å². The van der Waals surface area contributed by atoms with Gasteiger partial charge < -0.3 is 9.64 Å². The number of thiazole rings is 1. The van der Waals surface area contributed by atoms with Gasteiger partial charge in [-0.1, -0.05) is 12.1 Å². The zero-order chi connectivity index (χ0) is 14.1. The lowest BCUT2D eigenvalue weighted by Gasteiger charge is -2.25. The fraction of sp³-hybridized carbons (Fsp3) is 0.467. The number of likely N-dealkylation sites (N-methyl/N-ethyl adjacent to an activating group) is 1. The second-order valence-corrected chi connectivity index (χ2v) is 6.21. The normalized spacial score (nSPS) is 20.2. The third kappa shape index (κ3) is 2.43. The summed E-state index contributed by atoms with van der Waals surface area (Å²) in [5.74, 6) is 0.0641. The molecule has 5 heteroatoms. The first-order valence-corrected chi connectivity index (χ1v) is 7.72. The summed E-state index contributed by atoms with van der Waals surface area (Å²) < 4.78 is 6.63. The lowest BCUT2D eigenvalue weighted by atomic mass is 10.2. The summed E-state index contributed by atoms with van der Waals surface area (Å²) in [4.78, 5) is 18.7. The lowest BCUT2D eigenvalue weighted by Crippen LogP contribution is -2.37. The van der Waals surface area contributed by atoms with Crippen LogP contribution in [-0.4, -0.2) is 35.5 Å². The van der Waals surface area contributed by atoms with Crippen molar-refractivity contribution >= 4 is 27.5 Å². The maximum Gasteiger partial charge on any atom is 0.252 e. The van der Waals surface area contributed by atoms with Gasteiger partial charge in [0.2, 0.25) is 0 Å². The summed E-state index contributed by atoms with van der Waals surface area (Å²) in [5.41, 5.74) is 0.998. The first-order valence-electron chi connectivity index (χ1n) is 6.90. The van der Waals surface area contributed by atoms with Crippen LogP contribution in [0.3, 0.4) is 0 Å². The molecule has 0 radical (unpaired) electrons. The summed E-state index contributed by atoms with van der Waals surface area (Å²) in [6.07, 6.45) is 1.53. The molecule has 4 nitrogen and oxygen atoms in total. The summed E-state index contributed by atoms with van der Waals surface area (Å²) in [7, 11) is 1.83. The van der Waals surface area contributed by atoms with E-state index in [2.05, 4.69) is 11.1 Å². The Kier molecular flexibility index (Phi) is 3.72. The van der Waals surface area contributed by atoms with Crippen LogP contribution in [0.1, 0.15) is 30.8 Å².